The number of halogens is 2. The highest BCUT2D eigenvalue weighted by Gasteiger charge is 2.26. The van der Waals surface area contributed by atoms with Gasteiger partial charge in [-0.3, -0.25) is 4.79 Å². The molecule has 134 valence electrons. The molecule has 3 nitrogen and oxygen atoms in total. The minimum absolute atomic E-state index is 0. The Morgan fingerprint density at radius 2 is 1.92 bits per heavy atom. The van der Waals surface area contributed by atoms with E-state index >= 15 is 0 Å². The van der Waals surface area contributed by atoms with E-state index < -0.39 is 0 Å². The highest BCUT2D eigenvalue weighted by atomic mass is 35.5. The van der Waals surface area contributed by atoms with Gasteiger partial charge in [0.05, 0.1) is 0 Å². The van der Waals surface area contributed by atoms with Crippen molar-refractivity contribution in [3.8, 4) is 0 Å². The number of piperidine rings is 1. The summed E-state index contributed by atoms with van der Waals surface area (Å²) in [6, 6.07) is 7.32. The molecule has 1 N–H and O–H groups in total. The Bertz CT molecular complexity index is 542. The SMILES string of the molecule is CC(CC(=O)N1CCC(NCC2CC2)CC1)c1ccccc1F.Cl. The topological polar surface area (TPSA) is 32.3 Å². The van der Waals surface area contributed by atoms with Crippen LogP contribution in [0.4, 0.5) is 4.39 Å². The second kappa shape index (κ2) is 8.82. The Hall–Kier alpha value is -1.13. The zero-order chi connectivity index (χ0) is 16.2. The molecule has 3 rings (SSSR count). The molecule has 1 aromatic carbocycles. The fourth-order valence-electron chi connectivity index (χ4n) is 3.36. The molecule has 2 fully saturated rings. The van der Waals surface area contributed by atoms with Crippen molar-refractivity contribution in [1.29, 1.82) is 0 Å². The third-order valence-corrected chi connectivity index (χ3v) is 5.16. The van der Waals surface area contributed by atoms with E-state index in [0.717, 1.165) is 38.4 Å². The first-order chi connectivity index (χ1) is 11.1. The van der Waals surface area contributed by atoms with Crippen LogP contribution in [-0.4, -0.2) is 36.5 Å². The fraction of sp³-hybridized carbons (Fsp3) is 0.632. The van der Waals surface area contributed by atoms with E-state index in [2.05, 4.69) is 5.32 Å². The molecule has 1 heterocycles. The van der Waals surface area contributed by atoms with E-state index in [1.807, 2.05) is 17.9 Å². The molecule has 1 unspecified atom stereocenters. The zero-order valence-electron chi connectivity index (χ0n) is 14.3. The summed E-state index contributed by atoms with van der Waals surface area (Å²) in [5, 5.41) is 3.63. The van der Waals surface area contributed by atoms with Gasteiger partial charge in [0.2, 0.25) is 5.91 Å². The number of rotatable bonds is 6. The first kappa shape index (κ1) is 19.2. The van der Waals surface area contributed by atoms with Gasteiger partial charge in [0, 0.05) is 25.6 Å². The Morgan fingerprint density at radius 1 is 1.25 bits per heavy atom. The van der Waals surface area contributed by atoms with Crippen molar-refractivity contribution in [2.75, 3.05) is 19.6 Å². The van der Waals surface area contributed by atoms with Gasteiger partial charge in [-0.1, -0.05) is 25.1 Å². The van der Waals surface area contributed by atoms with Crippen LogP contribution in [0.25, 0.3) is 0 Å². The number of hydrogen-bond donors (Lipinski definition) is 1. The summed E-state index contributed by atoms with van der Waals surface area (Å²) in [7, 11) is 0. The van der Waals surface area contributed by atoms with Gasteiger partial charge in [-0.15, -0.1) is 12.4 Å². The lowest BCUT2D eigenvalue weighted by atomic mass is 9.96. The second-order valence-electron chi connectivity index (χ2n) is 7.13. The van der Waals surface area contributed by atoms with Crippen molar-refractivity contribution in [2.45, 2.75) is 51.0 Å². The third kappa shape index (κ3) is 5.18. The molecule has 1 aliphatic carbocycles. The van der Waals surface area contributed by atoms with Crippen LogP contribution in [0.3, 0.4) is 0 Å². The molecule has 2 aliphatic rings. The summed E-state index contributed by atoms with van der Waals surface area (Å²) >= 11 is 0. The number of carbonyl (C=O) groups is 1. The molecule has 0 radical (unpaired) electrons. The molecule has 1 amide bonds. The number of nitrogens with zero attached hydrogens (tertiary/aromatic N) is 1. The quantitative estimate of drug-likeness (QED) is 0.844. The molecule has 1 aliphatic heterocycles. The normalized spacial score (nSPS) is 19.7. The molecule has 1 saturated carbocycles. The molecular formula is C19H28ClFN2O. The van der Waals surface area contributed by atoms with Crippen LogP contribution in [0.2, 0.25) is 0 Å². The summed E-state index contributed by atoms with van der Waals surface area (Å²) in [6.07, 6.45) is 5.21. The maximum absolute atomic E-state index is 13.8. The van der Waals surface area contributed by atoms with Crippen molar-refractivity contribution >= 4 is 18.3 Å². The van der Waals surface area contributed by atoms with E-state index in [-0.39, 0.29) is 30.0 Å². The van der Waals surface area contributed by atoms with Crippen LogP contribution in [0, 0.1) is 11.7 Å². The Labute approximate surface area is 150 Å². The maximum Gasteiger partial charge on any atom is 0.223 e. The Morgan fingerprint density at radius 3 is 2.54 bits per heavy atom. The second-order valence-corrected chi connectivity index (χ2v) is 7.13. The zero-order valence-corrected chi connectivity index (χ0v) is 15.2. The van der Waals surface area contributed by atoms with Gasteiger partial charge in [-0.05, 0) is 55.7 Å². The monoisotopic (exact) mass is 354 g/mol. The number of likely N-dealkylation sites (tertiary alicyclic amines) is 1. The summed E-state index contributed by atoms with van der Waals surface area (Å²) < 4.78 is 13.8. The largest absolute Gasteiger partial charge is 0.343 e. The lowest BCUT2D eigenvalue weighted by molar-refractivity contribution is -0.132. The highest BCUT2D eigenvalue weighted by molar-refractivity contribution is 5.85. The molecule has 1 aromatic rings. The molecule has 1 saturated heterocycles. The van der Waals surface area contributed by atoms with E-state index in [9.17, 15) is 9.18 Å². The number of benzene rings is 1. The molecule has 0 bridgehead atoms. The minimum Gasteiger partial charge on any atom is -0.343 e. The van der Waals surface area contributed by atoms with Gasteiger partial charge in [0.1, 0.15) is 5.82 Å². The van der Waals surface area contributed by atoms with Gasteiger partial charge >= 0.3 is 0 Å². The van der Waals surface area contributed by atoms with Crippen LogP contribution in [0.5, 0.6) is 0 Å². The predicted molar refractivity (Wildman–Crippen MR) is 97.0 cm³/mol. The molecule has 1 atom stereocenters. The third-order valence-electron chi connectivity index (χ3n) is 5.16. The summed E-state index contributed by atoms with van der Waals surface area (Å²) in [6.45, 7) is 4.72. The van der Waals surface area contributed by atoms with E-state index in [4.69, 9.17) is 0 Å². The standard InChI is InChI=1S/C19H27FN2O.ClH/c1-14(17-4-2-3-5-18(17)20)12-19(23)22-10-8-16(9-11-22)21-13-15-6-7-15;/h2-5,14-16,21H,6-13H2,1H3;1H. The van der Waals surface area contributed by atoms with Gasteiger partial charge in [0.25, 0.3) is 0 Å². The van der Waals surface area contributed by atoms with E-state index in [0.29, 0.717) is 18.0 Å². The Kier molecular flexibility index (Phi) is 7.05. The van der Waals surface area contributed by atoms with Crippen molar-refractivity contribution in [2.24, 2.45) is 5.92 Å². The smallest absolute Gasteiger partial charge is 0.223 e. The van der Waals surface area contributed by atoms with Crippen LogP contribution in [-0.2, 0) is 4.79 Å². The van der Waals surface area contributed by atoms with Gasteiger partial charge in [-0.2, -0.15) is 0 Å². The van der Waals surface area contributed by atoms with Crippen molar-refractivity contribution < 1.29 is 9.18 Å². The molecule has 0 spiro atoms. The predicted octanol–water partition coefficient (Wildman–Crippen LogP) is 3.73. The number of nitrogens with one attached hydrogen (secondary N) is 1. The highest BCUT2D eigenvalue weighted by Crippen LogP contribution is 2.28. The van der Waals surface area contributed by atoms with Crippen molar-refractivity contribution in [3.05, 3.63) is 35.6 Å². The number of amides is 1. The van der Waals surface area contributed by atoms with E-state index in [1.54, 1.807) is 12.1 Å². The molecule has 0 aromatic heterocycles. The van der Waals surface area contributed by atoms with Gasteiger partial charge in [0.15, 0.2) is 0 Å². The Balaban J connectivity index is 0.00000208. The summed E-state index contributed by atoms with van der Waals surface area (Å²) in [5.74, 6) is 0.767. The van der Waals surface area contributed by atoms with Crippen LogP contribution in [0.15, 0.2) is 24.3 Å². The van der Waals surface area contributed by atoms with Gasteiger partial charge < -0.3 is 10.2 Å². The molecular weight excluding hydrogens is 327 g/mol. The summed E-state index contributed by atoms with van der Waals surface area (Å²) in [4.78, 5) is 14.4. The first-order valence-electron chi connectivity index (χ1n) is 8.89. The van der Waals surface area contributed by atoms with Crippen LogP contribution >= 0.6 is 12.4 Å². The number of carbonyl (C=O) groups excluding carboxylic acids is 1. The maximum atomic E-state index is 13.8. The van der Waals surface area contributed by atoms with Gasteiger partial charge in [-0.25, -0.2) is 4.39 Å². The first-order valence-corrected chi connectivity index (χ1v) is 8.89. The molecule has 24 heavy (non-hydrogen) atoms. The fourth-order valence-corrected chi connectivity index (χ4v) is 3.36. The van der Waals surface area contributed by atoms with Crippen molar-refractivity contribution in [1.82, 2.24) is 10.2 Å². The average Bonchev–Trinajstić information content (AvgIpc) is 3.38. The minimum atomic E-state index is -0.212. The van der Waals surface area contributed by atoms with Crippen molar-refractivity contribution in [3.63, 3.8) is 0 Å². The average molecular weight is 355 g/mol. The lowest BCUT2D eigenvalue weighted by Crippen LogP contribution is -2.45. The molecule has 5 heteroatoms. The van der Waals surface area contributed by atoms with E-state index in [1.165, 1.54) is 18.9 Å². The van der Waals surface area contributed by atoms with Crippen LogP contribution in [0.1, 0.15) is 50.5 Å². The lowest BCUT2D eigenvalue weighted by Gasteiger charge is -2.33. The van der Waals surface area contributed by atoms with Crippen LogP contribution < -0.4 is 5.32 Å². The summed E-state index contributed by atoms with van der Waals surface area (Å²) in [5.41, 5.74) is 0.641. The number of hydrogen-bond acceptors (Lipinski definition) is 2.